The fraction of sp³-hybridized carbons (Fsp3) is 0.421. The van der Waals surface area contributed by atoms with Gasteiger partial charge in [0, 0.05) is 11.4 Å². The van der Waals surface area contributed by atoms with Crippen molar-refractivity contribution in [1.29, 1.82) is 0 Å². The quantitative estimate of drug-likeness (QED) is 0.434. The van der Waals surface area contributed by atoms with Gasteiger partial charge in [0.1, 0.15) is 5.60 Å². The largest absolute Gasteiger partial charge is 0.493 e. The Morgan fingerprint density at radius 3 is 2.68 bits per heavy atom. The van der Waals surface area contributed by atoms with E-state index >= 15 is 0 Å². The number of aliphatic hydroxyl groups is 1. The topological polar surface area (TPSA) is 75.1 Å². The van der Waals surface area contributed by atoms with Gasteiger partial charge in [-0.05, 0) is 43.0 Å². The molecule has 0 radical (unpaired) electrons. The van der Waals surface area contributed by atoms with Crippen LogP contribution in [-0.4, -0.2) is 37.9 Å². The Bertz CT molecular complexity index is 768. The molecular weight excluding hydrogens is 388 g/mol. The van der Waals surface area contributed by atoms with Gasteiger partial charge in [-0.15, -0.1) is 11.3 Å². The molecule has 0 aliphatic heterocycles. The van der Waals surface area contributed by atoms with E-state index in [0.29, 0.717) is 18.1 Å². The van der Waals surface area contributed by atoms with Gasteiger partial charge in [0.05, 0.1) is 20.2 Å². The molecule has 154 valence electrons. The van der Waals surface area contributed by atoms with E-state index in [9.17, 15) is 13.9 Å². The number of hydrogen-bond acceptors (Lipinski definition) is 5. The van der Waals surface area contributed by atoms with Crippen molar-refractivity contribution in [3.63, 3.8) is 0 Å². The number of halogens is 2. The SMILES string of the molecule is CCNC(=NCc1ccc(OC)c(OC(F)F)c1)NCC(C)(O)c1cccs1. The van der Waals surface area contributed by atoms with Crippen LogP contribution in [0.1, 0.15) is 24.3 Å². The number of nitrogens with one attached hydrogen (secondary N) is 2. The van der Waals surface area contributed by atoms with Gasteiger partial charge in [-0.25, -0.2) is 4.99 Å². The highest BCUT2D eigenvalue weighted by Gasteiger charge is 2.24. The zero-order valence-electron chi connectivity index (χ0n) is 16.0. The maximum Gasteiger partial charge on any atom is 0.387 e. The predicted molar refractivity (Wildman–Crippen MR) is 106 cm³/mol. The van der Waals surface area contributed by atoms with Gasteiger partial charge in [0.2, 0.25) is 0 Å². The third-order valence-corrected chi connectivity index (χ3v) is 4.98. The second-order valence-corrected chi connectivity index (χ2v) is 7.11. The van der Waals surface area contributed by atoms with Crippen LogP contribution in [0.4, 0.5) is 8.78 Å². The fourth-order valence-corrected chi connectivity index (χ4v) is 3.23. The van der Waals surface area contributed by atoms with E-state index in [2.05, 4.69) is 20.4 Å². The Labute approximate surface area is 167 Å². The van der Waals surface area contributed by atoms with Crippen LogP contribution < -0.4 is 20.1 Å². The van der Waals surface area contributed by atoms with Crippen LogP contribution in [0.2, 0.25) is 0 Å². The Hall–Kier alpha value is -2.39. The van der Waals surface area contributed by atoms with Crippen molar-refractivity contribution in [2.75, 3.05) is 20.2 Å². The molecule has 0 saturated heterocycles. The van der Waals surface area contributed by atoms with Gasteiger partial charge in [0.15, 0.2) is 17.5 Å². The molecule has 0 aliphatic carbocycles. The summed E-state index contributed by atoms with van der Waals surface area (Å²) < 4.78 is 34.7. The molecule has 0 saturated carbocycles. The summed E-state index contributed by atoms with van der Waals surface area (Å²) in [5.41, 5.74) is -0.360. The molecule has 0 fully saturated rings. The molecule has 1 aromatic carbocycles. The third kappa shape index (κ3) is 6.35. The molecule has 2 aromatic rings. The van der Waals surface area contributed by atoms with Crippen molar-refractivity contribution in [3.8, 4) is 11.5 Å². The van der Waals surface area contributed by atoms with E-state index in [1.165, 1.54) is 24.5 Å². The Morgan fingerprint density at radius 2 is 2.07 bits per heavy atom. The van der Waals surface area contributed by atoms with Crippen molar-refractivity contribution < 1.29 is 23.4 Å². The van der Waals surface area contributed by atoms with Gasteiger partial charge in [0.25, 0.3) is 0 Å². The zero-order chi connectivity index (χ0) is 20.6. The summed E-state index contributed by atoms with van der Waals surface area (Å²) in [6.07, 6.45) is 0. The molecule has 0 amide bonds. The summed E-state index contributed by atoms with van der Waals surface area (Å²) in [6.45, 7) is 1.85. The van der Waals surface area contributed by atoms with Crippen LogP contribution in [0.5, 0.6) is 11.5 Å². The lowest BCUT2D eigenvalue weighted by molar-refractivity contribution is -0.0512. The van der Waals surface area contributed by atoms with Crippen molar-refractivity contribution in [2.45, 2.75) is 32.6 Å². The van der Waals surface area contributed by atoms with Gasteiger partial charge >= 0.3 is 6.61 Å². The van der Waals surface area contributed by atoms with Crippen molar-refractivity contribution in [3.05, 3.63) is 46.2 Å². The second kappa shape index (κ2) is 10.2. The molecule has 1 unspecified atom stereocenters. The molecule has 9 heteroatoms. The van der Waals surface area contributed by atoms with Gasteiger partial charge in [-0.2, -0.15) is 8.78 Å². The maximum absolute atomic E-state index is 12.6. The predicted octanol–water partition coefficient (Wildman–Crippen LogP) is 3.32. The van der Waals surface area contributed by atoms with Crippen LogP contribution >= 0.6 is 11.3 Å². The summed E-state index contributed by atoms with van der Waals surface area (Å²) in [7, 11) is 1.39. The minimum atomic E-state index is -2.94. The summed E-state index contributed by atoms with van der Waals surface area (Å²) in [5, 5.41) is 18.7. The molecule has 28 heavy (non-hydrogen) atoms. The van der Waals surface area contributed by atoms with E-state index in [4.69, 9.17) is 4.74 Å². The maximum atomic E-state index is 12.6. The van der Waals surface area contributed by atoms with Crippen molar-refractivity contribution >= 4 is 17.3 Å². The molecule has 0 bridgehead atoms. The van der Waals surface area contributed by atoms with Gasteiger partial charge in [-0.3, -0.25) is 0 Å². The number of methoxy groups -OCH3 is 1. The standard InChI is InChI=1S/C19H25F2N3O3S/c1-4-22-18(24-12-19(2,25)16-6-5-9-28-16)23-11-13-7-8-14(26-3)15(10-13)27-17(20)21/h5-10,17,25H,4,11-12H2,1-3H3,(H2,22,23,24). The lowest BCUT2D eigenvalue weighted by atomic mass is 10.1. The average molecular weight is 413 g/mol. The first-order chi connectivity index (χ1) is 13.4. The molecule has 1 aromatic heterocycles. The zero-order valence-corrected chi connectivity index (χ0v) is 16.9. The summed E-state index contributed by atoms with van der Waals surface area (Å²) in [6, 6.07) is 8.52. The monoisotopic (exact) mass is 413 g/mol. The number of thiophene rings is 1. The lowest BCUT2D eigenvalue weighted by Gasteiger charge is -2.23. The average Bonchev–Trinajstić information content (AvgIpc) is 3.19. The molecule has 2 rings (SSSR count). The van der Waals surface area contributed by atoms with Gasteiger partial charge < -0.3 is 25.2 Å². The first-order valence-electron chi connectivity index (χ1n) is 8.76. The second-order valence-electron chi connectivity index (χ2n) is 6.16. The Morgan fingerprint density at radius 1 is 1.29 bits per heavy atom. The minimum Gasteiger partial charge on any atom is -0.493 e. The number of ether oxygens (including phenoxy) is 2. The molecule has 6 nitrogen and oxygen atoms in total. The number of rotatable bonds is 9. The number of alkyl halides is 2. The molecular formula is C19H25F2N3O3S. The van der Waals surface area contributed by atoms with E-state index in [1.54, 1.807) is 19.1 Å². The van der Waals surface area contributed by atoms with E-state index in [0.717, 1.165) is 4.88 Å². The van der Waals surface area contributed by atoms with Gasteiger partial charge in [-0.1, -0.05) is 12.1 Å². The number of hydrogen-bond donors (Lipinski definition) is 3. The summed E-state index contributed by atoms with van der Waals surface area (Å²) in [4.78, 5) is 5.29. The number of aliphatic imine (C=N–C) groups is 1. The first-order valence-corrected chi connectivity index (χ1v) is 9.64. The van der Waals surface area contributed by atoms with Crippen molar-refractivity contribution in [2.24, 2.45) is 4.99 Å². The molecule has 3 N–H and O–H groups in total. The minimum absolute atomic E-state index is 0.0382. The highest BCUT2D eigenvalue weighted by molar-refractivity contribution is 7.10. The van der Waals surface area contributed by atoms with Crippen LogP contribution in [-0.2, 0) is 12.1 Å². The van der Waals surface area contributed by atoms with E-state index < -0.39 is 12.2 Å². The highest BCUT2D eigenvalue weighted by Crippen LogP contribution is 2.29. The molecule has 0 spiro atoms. The molecule has 0 aliphatic rings. The Kier molecular flexibility index (Phi) is 8.01. The van der Waals surface area contributed by atoms with Crippen LogP contribution in [0.15, 0.2) is 40.7 Å². The van der Waals surface area contributed by atoms with E-state index in [1.807, 2.05) is 24.4 Å². The molecule has 1 heterocycles. The van der Waals surface area contributed by atoms with Crippen LogP contribution in [0.3, 0.4) is 0 Å². The number of nitrogens with zero attached hydrogens (tertiary/aromatic N) is 1. The summed E-state index contributed by atoms with van der Waals surface area (Å²) in [5.74, 6) is 0.695. The van der Waals surface area contributed by atoms with Crippen LogP contribution in [0.25, 0.3) is 0 Å². The number of benzene rings is 1. The molecule has 1 atom stereocenters. The fourth-order valence-electron chi connectivity index (χ4n) is 2.45. The summed E-state index contributed by atoms with van der Waals surface area (Å²) >= 11 is 1.48. The van der Waals surface area contributed by atoms with Crippen molar-refractivity contribution in [1.82, 2.24) is 10.6 Å². The highest BCUT2D eigenvalue weighted by atomic mass is 32.1. The smallest absolute Gasteiger partial charge is 0.387 e. The third-order valence-electron chi connectivity index (χ3n) is 3.86. The Balaban J connectivity index is 2.07. The lowest BCUT2D eigenvalue weighted by Crippen LogP contribution is -2.44. The van der Waals surface area contributed by atoms with E-state index in [-0.39, 0.29) is 24.6 Å². The first kappa shape index (κ1) is 21.9. The van der Waals surface area contributed by atoms with Crippen LogP contribution in [0, 0.1) is 0 Å². The normalized spacial score (nSPS) is 13.9. The number of guanidine groups is 1.